The molecule has 0 aliphatic heterocycles. The van der Waals surface area contributed by atoms with Crippen molar-refractivity contribution in [2.24, 2.45) is 0 Å². The average Bonchev–Trinajstić information content (AvgIpc) is 3.06. The molecule has 0 spiro atoms. The Labute approximate surface area is 128 Å². The van der Waals surface area contributed by atoms with Gasteiger partial charge in [0, 0.05) is 10.4 Å². The van der Waals surface area contributed by atoms with Gasteiger partial charge in [-0.25, -0.2) is 0 Å². The highest BCUT2D eigenvalue weighted by molar-refractivity contribution is 7.13. The van der Waals surface area contributed by atoms with Gasteiger partial charge in [-0.2, -0.15) is 5.10 Å². The van der Waals surface area contributed by atoms with Crippen LogP contribution in [-0.2, 0) is 5.41 Å². The van der Waals surface area contributed by atoms with Gasteiger partial charge in [0.1, 0.15) is 0 Å². The van der Waals surface area contributed by atoms with Crippen LogP contribution in [0.2, 0.25) is 0 Å². The molecule has 3 nitrogen and oxygen atoms in total. The van der Waals surface area contributed by atoms with Crippen molar-refractivity contribution in [2.45, 2.75) is 26.2 Å². The van der Waals surface area contributed by atoms with E-state index in [0.717, 1.165) is 21.7 Å². The van der Waals surface area contributed by atoms with E-state index in [1.807, 2.05) is 11.4 Å². The van der Waals surface area contributed by atoms with Crippen LogP contribution in [0.1, 0.15) is 26.3 Å². The SMILES string of the molecule is CC(C)(C)c1ccc(-c2[nH]nc(N)c2-c2cccs2)cc1. The number of aromatic amines is 1. The quantitative estimate of drug-likeness (QED) is 0.721. The number of nitrogens with zero attached hydrogens (tertiary/aromatic N) is 1. The lowest BCUT2D eigenvalue weighted by molar-refractivity contribution is 0.590. The molecule has 1 aromatic carbocycles. The number of hydrogen-bond acceptors (Lipinski definition) is 3. The van der Waals surface area contributed by atoms with Gasteiger partial charge in [0.05, 0.1) is 11.3 Å². The topological polar surface area (TPSA) is 54.7 Å². The summed E-state index contributed by atoms with van der Waals surface area (Å²) < 4.78 is 0. The van der Waals surface area contributed by atoms with Gasteiger partial charge >= 0.3 is 0 Å². The highest BCUT2D eigenvalue weighted by atomic mass is 32.1. The standard InChI is InChI=1S/C17H19N3S/c1-17(2,3)12-8-6-11(7-9-12)15-14(16(18)20-19-15)13-5-4-10-21-13/h4-10H,1-3H3,(H3,18,19,20). The summed E-state index contributed by atoms with van der Waals surface area (Å²) in [4.78, 5) is 1.14. The van der Waals surface area contributed by atoms with E-state index in [1.54, 1.807) is 11.3 Å². The molecule has 0 atom stereocenters. The molecular formula is C17H19N3S. The fourth-order valence-corrected chi connectivity index (χ4v) is 3.16. The number of anilines is 1. The summed E-state index contributed by atoms with van der Waals surface area (Å²) in [6.07, 6.45) is 0. The van der Waals surface area contributed by atoms with E-state index in [9.17, 15) is 0 Å². The summed E-state index contributed by atoms with van der Waals surface area (Å²) in [7, 11) is 0. The normalized spacial score (nSPS) is 11.8. The minimum Gasteiger partial charge on any atom is -0.382 e. The Bertz CT molecular complexity index is 731. The number of thiophene rings is 1. The Morgan fingerprint density at radius 1 is 1.10 bits per heavy atom. The molecule has 108 valence electrons. The lowest BCUT2D eigenvalue weighted by Gasteiger charge is -2.19. The predicted octanol–water partition coefficient (Wildman–Crippen LogP) is 4.68. The summed E-state index contributed by atoms with van der Waals surface area (Å²) in [5.74, 6) is 0.548. The fourth-order valence-electron chi connectivity index (χ4n) is 2.37. The van der Waals surface area contributed by atoms with Crippen LogP contribution >= 0.6 is 11.3 Å². The van der Waals surface area contributed by atoms with Crippen molar-refractivity contribution >= 4 is 17.2 Å². The van der Waals surface area contributed by atoms with Crippen LogP contribution in [0.25, 0.3) is 21.7 Å². The molecule has 3 rings (SSSR count). The van der Waals surface area contributed by atoms with Gasteiger partial charge in [0.2, 0.25) is 0 Å². The lowest BCUT2D eigenvalue weighted by Crippen LogP contribution is -2.10. The zero-order valence-corrected chi connectivity index (χ0v) is 13.3. The Morgan fingerprint density at radius 3 is 2.38 bits per heavy atom. The van der Waals surface area contributed by atoms with Crippen LogP contribution < -0.4 is 5.73 Å². The first-order chi connectivity index (χ1) is 9.97. The third-order valence-electron chi connectivity index (χ3n) is 3.60. The number of benzene rings is 1. The third-order valence-corrected chi connectivity index (χ3v) is 4.49. The van der Waals surface area contributed by atoms with Crippen molar-refractivity contribution in [3.8, 4) is 21.7 Å². The smallest absolute Gasteiger partial charge is 0.154 e. The summed E-state index contributed by atoms with van der Waals surface area (Å²) in [5, 5.41) is 9.30. The molecule has 0 saturated carbocycles. The van der Waals surface area contributed by atoms with Gasteiger partial charge in [-0.3, -0.25) is 5.10 Å². The summed E-state index contributed by atoms with van der Waals surface area (Å²) in [5.41, 5.74) is 10.6. The first-order valence-electron chi connectivity index (χ1n) is 6.95. The van der Waals surface area contributed by atoms with Crippen molar-refractivity contribution < 1.29 is 0 Å². The van der Waals surface area contributed by atoms with Crippen LogP contribution in [0.15, 0.2) is 41.8 Å². The maximum absolute atomic E-state index is 6.03. The zero-order chi connectivity index (χ0) is 15.0. The molecule has 0 bridgehead atoms. The van der Waals surface area contributed by atoms with Gasteiger partial charge < -0.3 is 5.73 Å². The molecule has 0 aliphatic carbocycles. The molecule has 0 fully saturated rings. The van der Waals surface area contributed by atoms with Crippen LogP contribution in [0.3, 0.4) is 0 Å². The second-order valence-corrected chi connectivity index (χ2v) is 7.11. The largest absolute Gasteiger partial charge is 0.382 e. The number of nitrogens with two attached hydrogens (primary N) is 1. The first kappa shape index (κ1) is 13.9. The molecule has 2 aromatic heterocycles. The Morgan fingerprint density at radius 2 is 1.81 bits per heavy atom. The van der Waals surface area contributed by atoms with Crippen molar-refractivity contribution in [2.75, 3.05) is 5.73 Å². The number of hydrogen-bond donors (Lipinski definition) is 2. The van der Waals surface area contributed by atoms with E-state index < -0.39 is 0 Å². The number of aromatic nitrogens is 2. The van der Waals surface area contributed by atoms with E-state index in [2.05, 4.69) is 61.3 Å². The number of rotatable bonds is 2. The van der Waals surface area contributed by atoms with E-state index >= 15 is 0 Å². The van der Waals surface area contributed by atoms with Gasteiger partial charge in [-0.15, -0.1) is 11.3 Å². The van der Waals surface area contributed by atoms with Gasteiger partial charge in [0.25, 0.3) is 0 Å². The van der Waals surface area contributed by atoms with E-state index in [0.29, 0.717) is 5.82 Å². The molecule has 3 aromatic rings. The Balaban J connectivity index is 2.06. The van der Waals surface area contributed by atoms with Crippen molar-refractivity contribution in [3.05, 3.63) is 47.3 Å². The Hall–Kier alpha value is -2.07. The second kappa shape index (κ2) is 5.04. The molecule has 0 unspecified atom stereocenters. The van der Waals surface area contributed by atoms with Crippen LogP contribution in [0.5, 0.6) is 0 Å². The lowest BCUT2D eigenvalue weighted by atomic mass is 9.86. The monoisotopic (exact) mass is 297 g/mol. The maximum Gasteiger partial charge on any atom is 0.154 e. The Kier molecular flexibility index (Phi) is 3.33. The molecule has 4 heteroatoms. The van der Waals surface area contributed by atoms with Crippen molar-refractivity contribution in [1.82, 2.24) is 10.2 Å². The fraction of sp³-hybridized carbons (Fsp3) is 0.235. The van der Waals surface area contributed by atoms with E-state index in [-0.39, 0.29) is 5.41 Å². The van der Waals surface area contributed by atoms with E-state index in [1.165, 1.54) is 5.56 Å². The summed E-state index contributed by atoms with van der Waals surface area (Å²) in [6.45, 7) is 6.65. The number of nitrogens with one attached hydrogen (secondary N) is 1. The molecular weight excluding hydrogens is 278 g/mol. The molecule has 21 heavy (non-hydrogen) atoms. The van der Waals surface area contributed by atoms with Crippen LogP contribution in [0.4, 0.5) is 5.82 Å². The molecule has 0 amide bonds. The van der Waals surface area contributed by atoms with Gasteiger partial charge in [-0.05, 0) is 22.4 Å². The maximum atomic E-state index is 6.03. The highest BCUT2D eigenvalue weighted by Gasteiger charge is 2.17. The van der Waals surface area contributed by atoms with Gasteiger partial charge in [-0.1, -0.05) is 51.1 Å². The van der Waals surface area contributed by atoms with Crippen molar-refractivity contribution in [1.29, 1.82) is 0 Å². The average molecular weight is 297 g/mol. The van der Waals surface area contributed by atoms with Crippen LogP contribution in [-0.4, -0.2) is 10.2 Å². The number of H-pyrrole nitrogens is 1. The summed E-state index contributed by atoms with van der Waals surface area (Å²) >= 11 is 1.67. The first-order valence-corrected chi connectivity index (χ1v) is 7.83. The minimum absolute atomic E-state index is 0.155. The molecule has 0 radical (unpaired) electrons. The molecule has 0 aliphatic rings. The van der Waals surface area contributed by atoms with E-state index in [4.69, 9.17) is 5.73 Å². The van der Waals surface area contributed by atoms with Gasteiger partial charge in [0.15, 0.2) is 5.82 Å². The zero-order valence-electron chi connectivity index (χ0n) is 12.5. The molecule has 0 saturated heterocycles. The highest BCUT2D eigenvalue weighted by Crippen LogP contribution is 2.37. The molecule has 2 heterocycles. The molecule has 3 N–H and O–H groups in total. The number of nitrogen functional groups attached to an aromatic ring is 1. The summed E-state index contributed by atoms with van der Waals surface area (Å²) in [6, 6.07) is 12.7. The third kappa shape index (κ3) is 2.59. The van der Waals surface area contributed by atoms with Crippen LogP contribution in [0, 0.1) is 0 Å². The predicted molar refractivity (Wildman–Crippen MR) is 90.4 cm³/mol. The second-order valence-electron chi connectivity index (χ2n) is 6.16. The van der Waals surface area contributed by atoms with Crippen molar-refractivity contribution in [3.63, 3.8) is 0 Å². The minimum atomic E-state index is 0.155.